The molecule has 2 saturated heterocycles. The number of carbonyl (C=O) groups excluding carboxylic acids is 2. The third-order valence-corrected chi connectivity index (χ3v) is 5.14. The van der Waals surface area contributed by atoms with Crippen molar-refractivity contribution in [1.82, 2.24) is 25.2 Å². The van der Waals surface area contributed by atoms with Gasteiger partial charge in [-0.3, -0.25) is 4.79 Å². The highest BCUT2D eigenvalue weighted by Crippen LogP contribution is 2.32. The largest absolute Gasteiger partial charge is 0.449 e. The molecule has 0 radical (unpaired) electrons. The second-order valence-corrected chi connectivity index (χ2v) is 6.85. The molecule has 2 unspecified atom stereocenters. The molecule has 2 amide bonds. The summed E-state index contributed by atoms with van der Waals surface area (Å²) in [5, 5.41) is 10.6. The van der Waals surface area contributed by atoms with Crippen molar-refractivity contribution in [2.24, 2.45) is 11.8 Å². The Kier molecular flexibility index (Phi) is 4.32. The minimum Gasteiger partial charge on any atom is -0.449 e. The van der Waals surface area contributed by atoms with E-state index in [4.69, 9.17) is 4.74 Å². The molecule has 8 heteroatoms. The summed E-state index contributed by atoms with van der Waals surface area (Å²) in [7, 11) is 0. The van der Waals surface area contributed by atoms with Crippen LogP contribution in [0.4, 0.5) is 4.79 Å². The Bertz CT molecular complexity index is 834. The third kappa shape index (κ3) is 3.02. The zero-order valence-corrected chi connectivity index (χ0v) is 14.4. The molecule has 2 atom stereocenters. The van der Waals surface area contributed by atoms with Gasteiger partial charge in [0.15, 0.2) is 0 Å². The monoisotopic (exact) mass is 355 g/mol. The van der Waals surface area contributed by atoms with Gasteiger partial charge in [-0.1, -0.05) is 6.08 Å². The van der Waals surface area contributed by atoms with Crippen molar-refractivity contribution < 1.29 is 14.3 Å². The third-order valence-electron chi connectivity index (χ3n) is 5.14. The highest BCUT2D eigenvalue weighted by atomic mass is 16.6. The Labute approximate surface area is 150 Å². The van der Waals surface area contributed by atoms with Gasteiger partial charge in [-0.05, 0) is 24.6 Å². The fourth-order valence-corrected chi connectivity index (χ4v) is 3.78. The maximum absolute atomic E-state index is 12.8. The predicted octanol–water partition coefficient (Wildman–Crippen LogP) is 1.67. The number of nitrogens with one attached hydrogen (secondary N) is 1. The van der Waals surface area contributed by atoms with Crippen LogP contribution >= 0.6 is 0 Å². The number of hydrogen-bond acceptors (Lipinski definition) is 5. The van der Waals surface area contributed by atoms with Gasteiger partial charge in [0.05, 0.1) is 6.61 Å². The van der Waals surface area contributed by atoms with Crippen LogP contribution in [0, 0.1) is 11.8 Å². The number of benzene rings is 1. The van der Waals surface area contributed by atoms with Crippen molar-refractivity contribution in [3.8, 4) is 0 Å². The Morgan fingerprint density at radius 2 is 1.85 bits per heavy atom. The topological polar surface area (TPSA) is 91.4 Å². The lowest BCUT2D eigenvalue weighted by molar-refractivity contribution is 0.0768. The lowest BCUT2D eigenvalue weighted by Gasteiger charge is -2.21. The molecule has 1 aromatic carbocycles. The van der Waals surface area contributed by atoms with Crippen LogP contribution in [0.2, 0.25) is 0 Å². The smallest absolute Gasteiger partial charge is 0.409 e. The van der Waals surface area contributed by atoms with Gasteiger partial charge in [0, 0.05) is 43.6 Å². The van der Waals surface area contributed by atoms with Crippen molar-refractivity contribution in [2.75, 3.05) is 32.8 Å². The highest BCUT2D eigenvalue weighted by molar-refractivity contribution is 5.97. The number of amides is 2. The van der Waals surface area contributed by atoms with Gasteiger partial charge in [-0.15, -0.1) is 6.58 Å². The van der Waals surface area contributed by atoms with Crippen molar-refractivity contribution >= 4 is 23.0 Å². The van der Waals surface area contributed by atoms with E-state index in [9.17, 15) is 9.59 Å². The number of aromatic amines is 1. The van der Waals surface area contributed by atoms with Gasteiger partial charge in [-0.25, -0.2) is 4.79 Å². The van der Waals surface area contributed by atoms with E-state index in [2.05, 4.69) is 22.0 Å². The van der Waals surface area contributed by atoms with E-state index >= 15 is 0 Å². The van der Waals surface area contributed by atoms with Crippen LogP contribution in [-0.2, 0) is 4.74 Å². The molecule has 0 bridgehead atoms. The van der Waals surface area contributed by atoms with Crippen molar-refractivity contribution in [3.05, 3.63) is 36.4 Å². The maximum atomic E-state index is 12.8. The second kappa shape index (κ2) is 6.78. The van der Waals surface area contributed by atoms with Gasteiger partial charge in [-0.2, -0.15) is 15.4 Å². The molecular formula is C18H21N5O3. The number of aromatic nitrogens is 3. The first-order chi connectivity index (χ1) is 12.7. The molecule has 26 heavy (non-hydrogen) atoms. The van der Waals surface area contributed by atoms with Crippen molar-refractivity contribution in [2.45, 2.75) is 6.42 Å². The molecule has 136 valence electrons. The number of nitrogens with zero attached hydrogens (tertiary/aromatic N) is 4. The molecule has 2 aliphatic heterocycles. The number of likely N-dealkylation sites (tertiary alicyclic amines) is 2. The molecule has 1 aromatic heterocycles. The molecule has 2 aliphatic rings. The molecule has 8 nitrogen and oxygen atoms in total. The molecule has 0 saturated carbocycles. The molecule has 2 fully saturated rings. The average molecular weight is 355 g/mol. The summed E-state index contributed by atoms with van der Waals surface area (Å²) < 4.78 is 5.23. The van der Waals surface area contributed by atoms with E-state index in [1.54, 1.807) is 29.2 Å². The Morgan fingerprint density at radius 1 is 1.15 bits per heavy atom. The minimum atomic E-state index is -0.268. The zero-order valence-electron chi connectivity index (χ0n) is 14.4. The summed E-state index contributed by atoms with van der Waals surface area (Å²) in [5.41, 5.74) is 2.04. The van der Waals surface area contributed by atoms with E-state index in [1.807, 2.05) is 4.90 Å². The van der Waals surface area contributed by atoms with Crippen LogP contribution in [-0.4, -0.2) is 70.0 Å². The number of fused-ring (bicyclic) bond motifs is 2. The first-order valence-electron chi connectivity index (χ1n) is 8.78. The molecule has 2 aromatic rings. The SMILES string of the molecule is C=CCCOC(=O)N1CC2CN(C(=O)c3ccc4n[nH]nc4c3)CC2C1. The number of ether oxygens (including phenoxy) is 1. The minimum absolute atomic E-state index is 0.00408. The molecule has 4 rings (SSSR count). The normalized spacial score (nSPS) is 21.8. The predicted molar refractivity (Wildman–Crippen MR) is 94.5 cm³/mol. The summed E-state index contributed by atoms with van der Waals surface area (Å²) in [6.45, 7) is 6.59. The second-order valence-electron chi connectivity index (χ2n) is 6.85. The van der Waals surface area contributed by atoms with Crippen LogP contribution < -0.4 is 0 Å². The Morgan fingerprint density at radius 3 is 2.58 bits per heavy atom. The number of rotatable bonds is 4. The lowest BCUT2D eigenvalue weighted by Crippen LogP contribution is -2.36. The fourth-order valence-electron chi connectivity index (χ4n) is 3.78. The van der Waals surface area contributed by atoms with Crippen LogP contribution in [0.3, 0.4) is 0 Å². The molecular weight excluding hydrogens is 334 g/mol. The Balaban J connectivity index is 1.36. The lowest BCUT2D eigenvalue weighted by atomic mass is 10.0. The molecule has 0 spiro atoms. The van der Waals surface area contributed by atoms with Gasteiger partial charge < -0.3 is 14.5 Å². The van der Waals surface area contributed by atoms with Gasteiger partial charge in [0.1, 0.15) is 11.0 Å². The maximum Gasteiger partial charge on any atom is 0.409 e. The van der Waals surface area contributed by atoms with Gasteiger partial charge >= 0.3 is 6.09 Å². The number of H-pyrrole nitrogens is 1. The molecule has 3 heterocycles. The summed E-state index contributed by atoms with van der Waals surface area (Å²) in [5.74, 6) is 0.618. The van der Waals surface area contributed by atoms with Crippen molar-refractivity contribution in [3.63, 3.8) is 0 Å². The van der Waals surface area contributed by atoms with E-state index < -0.39 is 0 Å². The van der Waals surface area contributed by atoms with Gasteiger partial charge in [0.25, 0.3) is 5.91 Å². The fraction of sp³-hybridized carbons (Fsp3) is 0.444. The average Bonchev–Trinajstić information content (AvgIpc) is 3.34. The van der Waals surface area contributed by atoms with E-state index in [0.29, 0.717) is 62.1 Å². The van der Waals surface area contributed by atoms with Crippen LogP contribution in [0.5, 0.6) is 0 Å². The van der Waals surface area contributed by atoms with Crippen molar-refractivity contribution in [1.29, 1.82) is 0 Å². The Hall–Kier alpha value is -2.90. The highest BCUT2D eigenvalue weighted by Gasteiger charge is 2.43. The first kappa shape index (κ1) is 16.6. The zero-order chi connectivity index (χ0) is 18.1. The summed E-state index contributed by atoms with van der Waals surface area (Å²) in [6.07, 6.45) is 2.12. The van der Waals surface area contributed by atoms with Gasteiger partial charge in [0.2, 0.25) is 0 Å². The van der Waals surface area contributed by atoms with Crippen LogP contribution in [0.25, 0.3) is 11.0 Å². The van der Waals surface area contributed by atoms with E-state index in [-0.39, 0.29) is 12.0 Å². The van der Waals surface area contributed by atoms with Crippen LogP contribution in [0.15, 0.2) is 30.9 Å². The first-order valence-corrected chi connectivity index (χ1v) is 8.78. The van der Waals surface area contributed by atoms with Crippen LogP contribution in [0.1, 0.15) is 16.8 Å². The van der Waals surface area contributed by atoms with E-state index in [0.717, 1.165) is 5.52 Å². The molecule has 0 aliphatic carbocycles. The quantitative estimate of drug-likeness (QED) is 0.665. The molecule has 1 N–H and O–H groups in total. The number of hydrogen-bond donors (Lipinski definition) is 1. The summed E-state index contributed by atoms with van der Waals surface area (Å²) >= 11 is 0. The summed E-state index contributed by atoms with van der Waals surface area (Å²) in [4.78, 5) is 28.5. The van der Waals surface area contributed by atoms with E-state index in [1.165, 1.54) is 0 Å². The summed E-state index contributed by atoms with van der Waals surface area (Å²) in [6, 6.07) is 5.34. The number of carbonyl (C=O) groups is 2. The standard InChI is InChI=1S/C18H21N5O3/c1-2-3-6-26-18(25)23-10-13-8-22(9-14(13)11-23)17(24)12-4-5-15-16(7-12)20-21-19-15/h2,4-5,7,13-14H,1,3,6,8-11H2,(H,19,20,21).